The summed E-state index contributed by atoms with van der Waals surface area (Å²) in [6.45, 7) is 2.25. The Balaban J connectivity index is 1.41. The predicted molar refractivity (Wildman–Crippen MR) is 111 cm³/mol. The topological polar surface area (TPSA) is 108 Å². The molecule has 1 atom stereocenters. The molecule has 0 aliphatic carbocycles. The molecule has 2 aromatic carbocycles. The Morgan fingerprint density at radius 3 is 2.48 bits per heavy atom. The standard InChI is InChI=1S/C20H21FN4O5S/c1-13-19(26)23-17-12-16(6-7-18(17)30-13)31(28,29)25-10-8-24(9-11-25)20(27)22-15-4-2-14(21)3-5-15/h2-7,12-13H,8-11H2,1H3,(H,22,27)(H,23,26). The largest absolute Gasteiger partial charge is 0.479 e. The van der Waals surface area contributed by atoms with Crippen molar-refractivity contribution in [2.75, 3.05) is 36.8 Å². The number of urea groups is 1. The van der Waals surface area contributed by atoms with Gasteiger partial charge in [0, 0.05) is 31.9 Å². The van der Waals surface area contributed by atoms with Crippen molar-refractivity contribution in [3.05, 3.63) is 48.3 Å². The number of carbonyl (C=O) groups is 2. The third kappa shape index (κ3) is 4.32. The van der Waals surface area contributed by atoms with Crippen LogP contribution in [-0.4, -0.2) is 61.8 Å². The summed E-state index contributed by atoms with van der Waals surface area (Å²) in [5.41, 5.74) is 0.760. The van der Waals surface area contributed by atoms with Crippen LogP contribution in [0.2, 0.25) is 0 Å². The van der Waals surface area contributed by atoms with Gasteiger partial charge in [-0.25, -0.2) is 17.6 Å². The van der Waals surface area contributed by atoms with Crippen molar-refractivity contribution in [3.8, 4) is 5.75 Å². The molecule has 2 aliphatic heterocycles. The lowest BCUT2D eigenvalue weighted by molar-refractivity contribution is -0.122. The van der Waals surface area contributed by atoms with Gasteiger partial charge in [-0.15, -0.1) is 0 Å². The van der Waals surface area contributed by atoms with Crippen molar-refractivity contribution in [3.63, 3.8) is 0 Å². The van der Waals surface area contributed by atoms with Gasteiger partial charge < -0.3 is 20.3 Å². The van der Waals surface area contributed by atoms with E-state index >= 15 is 0 Å². The van der Waals surface area contributed by atoms with E-state index in [0.717, 1.165) is 0 Å². The van der Waals surface area contributed by atoms with Crippen LogP contribution in [0.3, 0.4) is 0 Å². The molecular formula is C20H21FN4O5S. The predicted octanol–water partition coefficient (Wildman–Crippen LogP) is 2.08. The van der Waals surface area contributed by atoms with E-state index in [1.807, 2.05) is 0 Å². The van der Waals surface area contributed by atoms with Crippen molar-refractivity contribution in [1.82, 2.24) is 9.21 Å². The highest BCUT2D eigenvalue weighted by atomic mass is 32.2. The van der Waals surface area contributed by atoms with Crippen LogP contribution >= 0.6 is 0 Å². The summed E-state index contributed by atoms with van der Waals surface area (Å²) in [6.07, 6.45) is -0.649. The van der Waals surface area contributed by atoms with E-state index in [9.17, 15) is 22.4 Å². The fourth-order valence-electron chi connectivity index (χ4n) is 3.36. The number of ether oxygens (including phenoxy) is 1. The minimum atomic E-state index is -3.81. The second kappa shape index (κ2) is 8.16. The molecule has 11 heteroatoms. The number of hydrogen-bond donors (Lipinski definition) is 2. The van der Waals surface area contributed by atoms with Gasteiger partial charge in [-0.2, -0.15) is 4.31 Å². The molecule has 1 saturated heterocycles. The first kappa shape index (κ1) is 21.1. The summed E-state index contributed by atoms with van der Waals surface area (Å²) in [7, 11) is -3.81. The highest BCUT2D eigenvalue weighted by molar-refractivity contribution is 7.89. The zero-order valence-electron chi connectivity index (χ0n) is 16.7. The molecule has 0 aromatic heterocycles. The number of carbonyl (C=O) groups excluding carboxylic acids is 2. The highest BCUT2D eigenvalue weighted by Gasteiger charge is 2.32. The smallest absolute Gasteiger partial charge is 0.321 e. The van der Waals surface area contributed by atoms with Gasteiger partial charge in [0.15, 0.2) is 6.10 Å². The molecule has 4 rings (SSSR count). The molecule has 2 heterocycles. The molecule has 0 spiro atoms. The van der Waals surface area contributed by atoms with Gasteiger partial charge in [-0.1, -0.05) is 0 Å². The van der Waals surface area contributed by atoms with Gasteiger partial charge in [0.2, 0.25) is 10.0 Å². The molecule has 2 aliphatic rings. The summed E-state index contributed by atoms with van der Waals surface area (Å²) in [4.78, 5) is 25.7. The van der Waals surface area contributed by atoms with E-state index in [4.69, 9.17) is 4.74 Å². The molecule has 2 N–H and O–H groups in total. The molecule has 1 unspecified atom stereocenters. The molecule has 31 heavy (non-hydrogen) atoms. The van der Waals surface area contributed by atoms with Gasteiger partial charge in [-0.05, 0) is 49.4 Å². The van der Waals surface area contributed by atoms with Crippen LogP contribution in [0, 0.1) is 5.82 Å². The zero-order chi connectivity index (χ0) is 22.2. The molecule has 0 radical (unpaired) electrons. The Bertz CT molecular complexity index is 1110. The first-order chi connectivity index (χ1) is 14.7. The van der Waals surface area contributed by atoms with Gasteiger partial charge in [0.25, 0.3) is 5.91 Å². The van der Waals surface area contributed by atoms with Crippen LogP contribution < -0.4 is 15.4 Å². The number of benzene rings is 2. The number of rotatable bonds is 3. The zero-order valence-corrected chi connectivity index (χ0v) is 17.5. The van der Waals surface area contributed by atoms with E-state index in [2.05, 4.69) is 10.6 Å². The Labute approximate surface area is 178 Å². The second-order valence-electron chi connectivity index (χ2n) is 7.24. The van der Waals surface area contributed by atoms with Crippen molar-refractivity contribution < 1.29 is 27.1 Å². The fraction of sp³-hybridized carbons (Fsp3) is 0.300. The summed E-state index contributed by atoms with van der Waals surface area (Å²) in [5.74, 6) is -0.337. The molecule has 3 amide bonds. The first-order valence-electron chi connectivity index (χ1n) is 9.67. The lowest BCUT2D eigenvalue weighted by atomic mass is 10.2. The molecule has 0 bridgehead atoms. The Morgan fingerprint density at radius 2 is 1.81 bits per heavy atom. The average Bonchev–Trinajstić information content (AvgIpc) is 2.76. The normalized spacial score (nSPS) is 19.2. The highest BCUT2D eigenvalue weighted by Crippen LogP contribution is 2.33. The maximum Gasteiger partial charge on any atom is 0.321 e. The van der Waals surface area contributed by atoms with Crippen LogP contribution in [-0.2, 0) is 14.8 Å². The van der Waals surface area contributed by atoms with Crippen molar-refractivity contribution in [2.45, 2.75) is 17.9 Å². The number of nitrogens with zero attached hydrogens (tertiary/aromatic N) is 2. The van der Waals surface area contributed by atoms with Crippen molar-refractivity contribution >= 4 is 33.3 Å². The fourth-order valence-corrected chi connectivity index (χ4v) is 4.81. The Hall–Kier alpha value is -3.18. The average molecular weight is 448 g/mol. The second-order valence-corrected chi connectivity index (χ2v) is 9.17. The van der Waals surface area contributed by atoms with Crippen molar-refractivity contribution in [2.24, 2.45) is 0 Å². The van der Waals surface area contributed by atoms with E-state index < -0.39 is 21.9 Å². The SMILES string of the molecule is CC1Oc2ccc(S(=O)(=O)N3CCN(C(=O)Nc4ccc(F)cc4)CC3)cc2NC1=O. The van der Waals surface area contributed by atoms with Gasteiger partial charge >= 0.3 is 6.03 Å². The van der Waals surface area contributed by atoms with Crippen LogP contribution in [0.4, 0.5) is 20.6 Å². The van der Waals surface area contributed by atoms with Crippen LogP contribution in [0.1, 0.15) is 6.92 Å². The number of hydrogen-bond acceptors (Lipinski definition) is 5. The van der Waals surface area contributed by atoms with Crippen molar-refractivity contribution in [1.29, 1.82) is 0 Å². The minimum absolute atomic E-state index is 0.0360. The van der Waals surface area contributed by atoms with Gasteiger partial charge in [0.05, 0.1) is 10.6 Å². The Kier molecular flexibility index (Phi) is 5.54. The van der Waals surface area contributed by atoms with E-state index in [-0.39, 0.29) is 43.0 Å². The molecule has 164 valence electrons. The number of fused-ring (bicyclic) bond motifs is 1. The van der Waals surface area contributed by atoms with Crippen LogP contribution in [0.5, 0.6) is 5.75 Å². The number of nitrogens with one attached hydrogen (secondary N) is 2. The third-order valence-electron chi connectivity index (χ3n) is 5.14. The number of sulfonamides is 1. The summed E-state index contributed by atoms with van der Waals surface area (Å²) >= 11 is 0. The van der Waals surface area contributed by atoms with E-state index in [1.54, 1.807) is 6.92 Å². The van der Waals surface area contributed by atoms with E-state index in [1.165, 1.54) is 51.7 Å². The van der Waals surface area contributed by atoms with Crippen LogP contribution in [0.15, 0.2) is 47.4 Å². The number of anilines is 2. The minimum Gasteiger partial charge on any atom is -0.479 e. The third-order valence-corrected chi connectivity index (χ3v) is 7.04. The monoisotopic (exact) mass is 448 g/mol. The molecule has 2 aromatic rings. The molecule has 0 saturated carbocycles. The van der Waals surface area contributed by atoms with Crippen LogP contribution in [0.25, 0.3) is 0 Å². The van der Waals surface area contributed by atoms with Gasteiger partial charge in [-0.3, -0.25) is 4.79 Å². The summed E-state index contributed by atoms with van der Waals surface area (Å²) in [5, 5.41) is 5.31. The maximum atomic E-state index is 13.0. The number of amides is 3. The Morgan fingerprint density at radius 1 is 1.13 bits per heavy atom. The first-order valence-corrected chi connectivity index (χ1v) is 11.1. The van der Waals surface area contributed by atoms with Gasteiger partial charge in [0.1, 0.15) is 11.6 Å². The molecule has 9 nitrogen and oxygen atoms in total. The lowest BCUT2D eigenvalue weighted by Gasteiger charge is -2.34. The summed E-state index contributed by atoms with van der Waals surface area (Å²) in [6, 6.07) is 9.34. The molecular weight excluding hydrogens is 427 g/mol. The quantitative estimate of drug-likeness (QED) is 0.748. The number of halogens is 1. The lowest BCUT2D eigenvalue weighted by Crippen LogP contribution is -2.51. The summed E-state index contributed by atoms with van der Waals surface area (Å²) < 4.78 is 45.8. The molecule has 1 fully saturated rings. The number of piperazine rings is 1. The van der Waals surface area contributed by atoms with E-state index in [0.29, 0.717) is 17.1 Å². The maximum absolute atomic E-state index is 13.0.